The quantitative estimate of drug-likeness (QED) is 0.869. The Balaban J connectivity index is 2.27. The van der Waals surface area contributed by atoms with Crippen molar-refractivity contribution < 1.29 is 14.3 Å². The number of amides is 1. The van der Waals surface area contributed by atoms with Gasteiger partial charge < -0.3 is 15.7 Å². The molecule has 1 amide bonds. The molecule has 104 valence electrons. The third-order valence-electron chi connectivity index (χ3n) is 3.74. The maximum absolute atomic E-state index is 13.5. The molecule has 5 heteroatoms. The van der Waals surface area contributed by atoms with Gasteiger partial charge in [0.15, 0.2) is 0 Å². The first-order valence-corrected chi connectivity index (χ1v) is 6.47. The van der Waals surface area contributed by atoms with Crippen molar-refractivity contribution in [3.8, 4) is 0 Å². The summed E-state index contributed by atoms with van der Waals surface area (Å²) in [6.45, 7) is 2.35. The summed E-state index contributed by atoms with van der Waals surface area (Å²) >= 11 is 0. The van der Waals surface area contributed by atoms with Crippen LogP contribution in [0.1, 0.15) is 25.3 Å². The van der Waals surface area contributed by atoms with Gasteiger partial charge in [-0.15, -0.1) is 0 Å². The Morgan fingerprint density at radius 3 is 2.84 bits per heavy atom. The van der Waals surface area contributed by atoms with Crippen LogP contribution in [0, 0.1) is 11.7 Å². The van der Waals surface area contributed by atoms with E-state index in [9.17, 15) is 9.18 Å². The van der Waals surface area contributed by atoms with E-state index in [-0.39, 0.29) is 30.3 Å². The van der Waals surface area contributed by atoms with Gasteiger partial charge in [0.2, 0.25) is 5.91 Å². The molecule has 4 nitrogen and oxygen atoms in total. The number of piperidine rings is 1. The molecule has 19 heavy (non-hydrogen) atoms. The van der Waals surface area contributed by atoms with Crippen molar-refractivity contribution in [3.63, 3.8) is 0 Å². The molecule has 2 unspecified atom stereocenters. The number of benzene rings is 1. The zero-order valence-corrected chi connectivity index (χ0v) is 11.0. The summed E-state index contributed by atoms with van der Waals surface area (Å²) in [5.41, 5.74) is 6.59. The molecule has 0 saturated carbocycles. The normalized spacial score (nSPS) is 23.4. The minimum Gasteiger partial charge on any atom is -0.392 e. The fraction of sp³-hybridized carbons (Fsp3) is 0.500. The molecule has 1 heterocycles. The Morgan fingerprint density at radius 1 is 1.47 bits per heavy atom. The zero-order valence-electron chi connectivity index (χ0n) is 11.0. The molecule has 1 saturated heterocycles. The van der Waals surface area contributed by atoms with Gasteiger partial charge in [-0.25, -0.2) is 4.39 Å². The van der Waals surface area contributed by atoms with Crippen LogP contribution in [-0.4, -0.2) is 23.6 Å². The molecule has 1 aliphatic heterocycles. The number of carbonyl (C=O) groups is 1. The van der Waals surface area contributed by atoms with Crippen molar-refractivity contribution in [1.82, 2.24) is 0 Å². The van der Waals surface area contributed by atoms with Crippen LogP contribution in [-0.2, 0) is 11.4 Å². The second-order valence-electron chi connectivity index (χ2n) is 5.15. The van der Waals surface area contributed by atoms with Gasteiger partial charge in [-0.1, -0.05) is 0 Å². The molecule has 2 atom stereocenters. The van der Waals surface area contributed by atoms with Crippen LogP contribution < -0.4 is 10.6 Å². The van der Waals surface area contributed by atoms with E-state index >= 15 is 0 Å². The zero-order chi connectivity index (χ0) is 14.0. The number of carbonyl (C=O) groups excluding carboxylic acids is 1. The van der Waals surface area contributed by atoms with Crippen LogP contribution >= 0.6 is 0 Å². The van der Waals surface area contributed by atoms with E-state index in [1.165, 1.54) is 12.1 Å². The molecule has 0 radical (unpaired) electrons. The molecule has 1 aromatic rings. The predicted molar refractivity (Wildman–Crippen MR) is 71.0 cm³/mol. The lowest BCUT2D eigenvalue weighted by Gasteiger charge is -2.38. The van der Waals surface area contributed by atoms with Gasteiger partial charge in [0.05, 0.1) is 12.5 Å². The third kappa shape index (κ3) is 3.04. The van der Waals surface area contributed by atoms with Crippen molar-refractivity contribution in [2.45, 2.75) is 32.4 Å². The predicted octanol–water partition coefficient (Wildman–Crippen LogP) is 1.41. The van der Waals surface area contributed by atoms with Crippen LogP contribution in [0.25, 0.3) is 0 Å². The Kier molecular flexibility index (Phi) is 4.04. The van der Waals surface area contributed by atoms with Crippen LogP contribution in [0.5, 0.6) is 0 Å². The van der Waals surface area contributed by atoms with E-state index in [1.807, 2.05) is 11.8 Å². The Hall–Kier alpha value is -1.62. The molecular weight excluding hydrogens is 247 g/mol. The van der Waals surface area contributed by atoms with Crippen LogP contribution in [0.3, 0.4) is 0 Å². The largest absolute Gasteiger partial charge is 0.392 e. The molecule has 2 rings (SSSR count). The number of hydrogen-bond acceptors (Lipinski definition) is 3. The molecular formula is C14H19FN2O2. The summed E-state index contributed by atoms with van der Waals surface area (Å²) < 4.78 is 13.5. The molecule has 1 aromatic carbocycles. The fourth-order valence-electron chi connectivity index (χ4n) is 2.59. The maximum Gasteiger partial charge on any atom is 0.222 e. The highest BCUT2D eigenvalue weighted by Crippen LogP contribution is 2.29. The molecule has 3 N–H and O–H groups in total. The van der Waals surface area contributed by atoms with Crippen molar-refractivity contribution in [2.24, 2.45) is 11.7 Å². The van der Waals surface area contributed by atoms with Gasteiger partial charge in [0.1, 0.15) is 5.82 Å². The number of primary amides is 1. The smallest absolute Gasteiger partial charge is 0.222 e. The number of rotatable bonds is 3. The fourth-order valence-corrected chi connectivity index (χ4v) is 2.59. The number of aliphatic hydroxyl groups is 1. The first kappa shape index (κ1) is 13.8. The van der Waals surface area contributed by atoms with E-state index in [1.54, 1.807) is 6.07 Å². The van der Waals surface area contributed by atoms with Gasteiger partial charge in [-0.2, -0.15) is 0 Å². The van der Waals surface area contributed by atoms with E-state index < -0.39 is 0 Å². The Bertz CT molecular complexity index is 479. The number of anilines is 1. The van der Waals surface area contributed by atoms with Crippen LogP contribution in [0.15, 0.2) is 18.2 Å². The van der Waals surface area contributed by atoms with Crippen molar-refractivity contribution in [3.05, 3.63) is 29.6 Å². The Labute approximate surface area is 112 Å². The molecule has 1 aliphatic rings. The van der Waals surface area contributed by atoms with Crippen LogP contribution in [0.4, 0.5) is 10.1 Å². The summed E-state index contributed by atoms with van der Waals surface area (Å²) in [5.74, 6) is -0.886. The summed E-state index contributed by atoms with van der Waals surface area (Å²) in [5, 5.41) is 9.13. The first-order valence-electron chi connectivity index (χ1n) is 6.47. The van der Waals surface area contributed by atoms with E-state index in [4.69, 9.17) is 10.8 Å². The molecule has 0 aromatic heterocycles. The summed E-state index contributed by atoms with van der Waals surface area (Å²) in [7, 11) is 0. The van der Waals surface area contributed by atoms with E-state index in [2.05, 4.69) is 0 Å². The number of hydrogen-bond donors (Lipinski definition) is 2. The standard InChI is InChI=1S/C14H19FN2O2/c1-9-2-3-11(14(16)19)7-17(9)13-5-10(8-18)4-12(15)6-13/h4-6,9,11,18H,2-3,7-8H2,1H3,(H2,16,19). The molecule has 0 bridgehead atoms. The monoisotopic (exact) mass is 266 g/mol. The number of halogens is 1. The van der Waals surface area contributed by atoms with Crippen molar-refractivity contribution in [1.29, 1.82) is 0 Å². The van der Waals surface area contributed by atoms with Crippen molar-refractivity contribution in [2.75, 3.05) is 11.4 Å². The summed E-state index contributed by atoms with van der Waals surface area (Å²) in [6.07, 6.45) is 1.62. The molecule has 1 fully saturated rings. The number of nitrogens with two attached hydrogens (primary N) is 1. The second-order valence-corrected chi connectivity index (χ2v) is 5.15. The number of nitrogens with zero attached hydrogens (tertiary/aromatic N) is 1. The van der Waals surface area contributed by atoms with Gasteiger partial charge in [-0.3, -0.25) is 4.79 Å². The highest BCUT2D eigenvalue weighted by Gasteiger charge is 2.29. The SMILES string of the molecule is CC1CCC(C(N)=O)CN1c1cc(F)cc(CO)c1. The third-order valence-corrected chi connectivity index (χ3v) is 3.74. The maximum atomic E-state index is 13.5. The first-order chi connectivity index (χ1) is 9.01. The van der Waals surface area contributed by atoms with Crippen LogP contribution in [0.2, 0.25) is 0 Å². The van der Waals surface area contributed by atoms with Gasteiger partial charge in [0, 0.05) is 18.3 Å². The average molecular weight is 266 g/mol. The minimum atomic E-state index is -0.380. The lowest BCUT2D eigenvalue weighted by Crippen LogP contribution is -2.46. The topological polar surface area (TPSA) is 66.6 Å². The second kappa shape index (κ2) is 5.57. The average Bonchev–Trinajstić information content (AvgIpc) is 2.38. The van der Waals surface area contributed by atoms with E-state index in [0.29, 0.717) is 17.8 Å². The summed E-state index contributed by atoms with van der Waals surface area (Å²) in [6, 6.07) is 4.72. The number of aliphatic hydroxyl groups excluding tert-OH is 1. The van der Waals surface area contributed by atoms with Crippen molar-refractivity contribution >= 4 is 11.6 Å². The molecule has 0 aliphatic carbocycles. The Morgan fingerprint density at radius 2 is 2.21 bits per heavy atom. The van der Waals surface area contributed by atoms with Gasteiger partial charge in [0.25, 0.3) is 0 Å². The minimum absolute atomic E-state index is 0.197. The summed E-state index contributed by atoms with van der Waals surface area (Å²) in [4.78, 5) is 13.3. The van der Waals surface area contributed by atoms with Gasteiger partial charge in [-0.05, 0) is 43.5 Å². The van der Waals surface area contributed by atoms with E-state index in [0.717, 1.165) is 12.8 Å². The molecule has 0 spiro atoms. The highest BCUT2D eigenvalue weighted by molar-refractivity contribution is 5.77. The lowest BCUT2D eigenvalue weighted by atomic mass is 9.92. The van der Waals surface area contributed by atoms with Gasteiger partial charge >= 0.3 is 0 Å². The lowest BCUT2D eigenvalue weighted by molar-refractivity contribution is -0.122. The highest BCUT2D eigenvalue weighted by atomic mass is 19.1.